The van der Waals surface area contributed by atoms with Crippen molar-refractivity contribution in [3.8, 4) is 5.75 Å². The summed E-state index contributed by atoms with van der Waals surface area (Å²) in [5.74, 6) is 0.455. The largest absolute Gasteiger partial charge is 0.483 e. The summed E-state index contributed by atoms with van der Waals surface area (Å²) in [4.78, 5) is 12.2. The molecule has 0 saturated heterocycles. The number of aryl methyl sites for hydroxylation is 2. The first kappa shape index (κ1) is 20.9. The van der Waals surface area contributed by atoms with E-state index in [9.17, 15) is 4.79 Å². The molecule has 150 valence electrons. The van der Waals surface area contributed by atoms with Gasteiger partial charge in [-0.1, -0.05) is 35.9 Å². The number of rotatable bonds is 7. The molecule has 5 heteroatoms. The van der Waals surface area contributed by atoms with Crippen LogP contribution in [0.3, 0.4) is 0 Å². The Balaban J connectivity index is 1.54. The van der Waals surface area contributed by atoms with Crippen LogP contribution in [0.4, 0.5) is 11.4 Å². The third-order valence-electron chi connectivity index (χ3n) is 4.78. The predicted octanol–water partition coefficient (Wildman–Crippen LogP) is 6.00. The number of ether oxygens (including phenoxy) is 1. The number of carbonyl (C=O) groups is 1. The molecule has 0 aromatic heterocycles. The molecule has 4 nitrogen and oxygen atoms in total. The van der Waals surface area contributed by atoms with Crippen LogP contribution in [0.1, 0.15) is 22.3 Å². The van der Waals surface area contributed by atoms with Gasteiger partial charge in [-0.05, 0) is 83.7 Å². The van der Waals surface area contributed by atoms with E-state index in [1.54, 1.807) is 0 Å². The number of hydrogen-bond acceptors (Lipinski definition) is 3. The number of amides is 1. The Kier molecular flexibility index (Phi) is 6.94. The van der Waals surface area contributed by atoms with Crippen LogP contribution in [0.5, 0.6) is 5.75 Å². The molecule has 0 unspecified atom stereocenters. The van der Waals surface area contributed by atoms with Gasteiger partial charge in [0.25, 0.3) is 5.91 Å². The number of hydrogen-bond donors (Lipinski definition) is 2. The van der Waals surface area contributed by atoms with Crippen LogP contribution in [0, 0.1) is 20.8 Å². The van der Waals surface area contributed by atoms with Crippen LogP contribution in [0.15, 0.2) is 65.1 Å². The average Bonchev–Trinajstić information content (AvgIpc) is 2.70. The van der Waals surface area contributed by atoms with E-state index < -0.39 is 0 Å². The van der Waals surface area contributed by atoms with Crippen LogP contribution in [0.2, 0.25) is 0 Å². The van der Waals surface area contributed by atoms with Crippen LogP contribution in [0.25, 0.3) is 0 Å². The second-order valence-corrected chi connectivity index (χ2v) is 7.92. The van der Waals surface area contributed by atoms with E-state index in [2.05, 4.69) is 57.8 Å². The summed E-state index contributed by atoms with van der Waals surface area (Å²) in [6, 6.07) is 20.0. The summed E-state index contributed by atoms with van der Waals surface area (Å²) in [6.07, 6.45) is 0. The molecule has 3 rings (SSSR count). The van der Waals surface area contributed by atoms with Crippen molar-refractivity contribution in [3.05, 3.63) is 87.4 Å². The predicted molar refractivity (Wildman–Crippen MR) is 123 cm³/mol. The molecular formula is C24H25BrN2O2. The van der Waals surface area contributed by atoms with Crippen molar-refractivity contribution in [2.24, 2.45) is 0 Å². The summed E-state index contributed by atoms with van der Waals surface area (Å²) in [7, 11) is 0. The summed E-state index contributed by atoms with van der Waals surface area (Å²) in [6.45, 7) is 6.74. The lowest BCUT2D eigenvalue weighted by molar-refractivity contribution is -0.118. The van der Waals surface area contributed by atoms with Gasteiger partial charge in [0.15, 0.2) is 6.61 Å². The van der Waals surface area contributed by atoms with Gasteiger partial charge in [0.05, 0.1) is 4.47 Å². The fourth-order valence-corrected chi connectivity index (χ4v) is 3.40. The first-order chi connectivity index (χ1) is 13.9. The maximum Gasteiger partial charge on any atom is 0.262 e. The maximum absolute atomic E-state index is 12.2. The van der Waals surface area contributed by atoms with Gasteiger partial charge in [0, 0.05) is 17.9 Å². The molecule has 0 heterocycles. The Hall–Kier alpha value is -2.79. The van der Waals surface area contributed by atoms with E-state index in [1.807, 2.05) is 50.2 Å². The van der Waals surface area contributed by atoms with Crippen molar-refractivity contribution in [2.75, 3.05) is 17.2 Å². The molecular weight excluding hydrogens is 428 g/mol. The van der Waals surface area contributed by atoms with Gasteiger partial charge in [-0.15, -0.1) is 0 Å². The Morgan fingerprint density at radius 2 is 1.76 bits per heavy atom. The van der Waals surface area contributed by atoms with Crippen molar-refractivity contribution in [3.63, 3.8) is 0 Å². The Morgan fingerprint density at radius 1 is 1.00 bits per heavy atom. The molecule has 0 atom stereocenters. The molecule has 29 heavy (non-hydrogen) atoms. The van der Waals surface area contributed by atoms with Crippen LogP contribution in [-0.4, -0.2) is 12.5 Å². The van der Waals surface area contributed by atoms with Gasteiger partial charge >= 0.3 is 0 Å². The molecule has 3 aromatic carbocycles. The van der Waals surface area contributed by atoms with Crippen molar-refractivity contribution in [2.45, 2.75) is 27.3 Å². The topological polar surface area (TPSA) is 50.4 Å². The lowest BCUT2D eigenvalue weighted by Gasteiger charge is -2.13. The summed E-state index contributed by atoms with van der Waals surface area (Å²) in [5.41, 5.74) is 6.45. The molecule has 2 N–H and O–H groups in total. The normalized spacial score (nSPS) is 10.5. The number of anilines is 2. The van der Waals surface area contributed by atoms with E-state index in [0.29, 0.717) is 12.3 Å². The summed E-state index contributed by atoms with van der Waals surface area (Å²) < 4.78 is 6.51. The number of benzene rings is 3. The second-order valence-electron chi connectivity index (χ2n) is 7.07. The highest BCUT2D eigenvalue weighted by molar-refractivity contribution is 9.10. The zero-order chi connectivity index (χ0) is 20.8. The third-order valence-corrected chi connectivity index (χ3v) is 5.40. The van der Waals surface area contributed by atoms with E-state index in [0.717, 1.165) is 32.5 Å². The van der Waals surface area contributed by atoms with Crippen molar-refractivity contribution >= 4 is 33.2 Å². The number of halogens is 1. The molecule has 0 spiro atoms. The van der Waals surface area contributed by atoms with Crippen LogP contribution in [-0.2, 0) is 11.3 Å². The first-order valence-corrected chi connectivity index (χ1v) is 10.3. The van der Waals surface area contributed by atoms with E-state index in [4.69, 9.17) is 4.74 Å². The third kappa shape index (κ3) is 5.84. The van der Waals surface area contributed by atoms with Gasteiger partial charge in [-0.2, -0.15) is 0 Å². The van der Waals surface area contributed by atoms with Crippen molar-refractivity contribution in [1.82, 2.24) is 0 Å². The number of carbonyl (C=O) groups excluding carboxylic acids is 1. The highest BCUT2D eigenvalue weighted by atomic mass is 79.9. The molecule has 1 amide bonds. The van der Waals surface area contributed by atoms with Crippen molar-refractivity contribution in [1.29, 1.82) is 0 Å². The smallest absolute Gasteiger partial charge is 0.262 e. The van der Waals surface area contributed by atoms with Gasteiger partial charge < -0.3 is 15.4 Å². The molecule has 0 aliphatic heterocycles. The van der Waals surface area contributed by atoms with E-state index in [1.165, 1.54) is 5.56 Å². The lowest BCUT2D eigenvalue weighted by atomic mass is 10.1. The van der Waals surface area contributed by atoms with Gasteiger partial charge in [0.1, 0.15) is 5.75 Å². The average molecular weight is 453 g/mol. The molecule has 3 aromatic rings. The summed E-state index contributed by atoms with van der Waals surface area (Å²) >= 11 is 3.54. The Labute approximate surface area is 180 Å². The van der Waals surface area contributed by atoms with Crippen LogP contribution < -0.4 is 15.4 Å². The number of nitrogens with one attached hydrogen (secondary N) is 2. The fraction of sp³-hybridized carbons (Fsp3) is 0.208. The highest BCUT2D eigenvalue weighted by Crippen LogP contribution is 2.26. The van der Waals surface area contributed by atoms with E-state index >= 15 is 0 Å². The molecule has 0 aliphatic carbocycles. The molecule has 0 bridgehead atoms. The molecule has 0 saturated carbocycles. The fourth-order valence-electron chi connectivity index (χ4n) is 2.86. The SMILES string of the molecule is Cc1ccc(NCc2ccc(OCC(=O)Nc3cccc(C)c3C)c(Br)c2)cc1. The van der Waals surface area contributed by atoms with E-state index in [-0.39, 0.29) is 12.5 Å². The molecule has 0 fully saturated rings. The second kappa shape index (κ2) is 9.61. The van der Waals surface area contributed by atoms with Crippen LogP contribution >= 0.6 is 15.9 Å². The molecule has 0 aliphatic rings. The van der Waals surface area contributed by atoms with Gasteiger partial charge in [-0.25, -0.2) is 0 Å². The quantitative estimate of drug-likeness (QED) is 0.461. The Morgan fingerprint density at radius 3 is 2.48 bits per heavy atom. The maximum atomic E-state index is 12.2. The van der Waals surface area contributed by atoms with Gasteiger partial charge in [0.2, 0.25) is 0 Å². The summed E-state index contributed by atoms with van der Waals surface area (Å²) in [5, 5.41) is 6.30. The van der Waals surface area contributed by atoms with Gasteiger partial charge in [-0.3, -0.25) is 4.79 Å². The standard InChI is InChI=1S/C24H25BrN2O2/c1-16-7-10-20(11-8-16)26-14-19-9-12-23(21(25)13-19)29-15-24(28)27-22-6-4-5-17(2)18(22)3/h4-13,26H,14-15H2,1-3H3,(H,27,28). The molecule has 0 radical (unpaired) electrons. The first-order valence-electron chi connectivity index (χ1n) is 9.50. The monoisotopic (exact) mass is 452 g/mol. The van der Waals surface area contributed by atoms with Crippen molar-refractivity contribution < 1.29 is 9.53 Å². The highest BCUT2D eigenvalue weighted by Gasteiger charge is 2.09. The zero-order valence-electron chi connectivity index (χ0n) is 16.9. The Bertz CT molecular complexity index is 1000. The minimum absolute atomic E-state index is 0.0487. The minimum Gasteiger partial charge on any atom is -0.483 e. The lowest BCUT2D eigenvalue weighted by Crippen LogP contribution is -2.21. The minimum atomic E-state index is -0.185. The zero-order valence-corrected chi connectivity index (χ0v) is 18.5.